The summed E-state index contributed by atoms with van der Waals surface area (Å²) in [7, 11) is 0. The average Bonchev–Trinajstić information content (AvgIpc) is 2.22. The molecule has 1 saturated heterocycles. The molecule has 3 nitrogen and oxygen atoms in total. The molecule has 1 aliphatic rings. The predicted octanol–water partition coefficient (Wildman–Crippen LogP) is 1.11. The number of hydrogen-bond acceptors (Lipinski definition) is 3. The van der Waals surface area contributed by atoms with Gasteiger partial charge in [-0.05, 0) is 37.1 Å². The van der Waals surface area contributed by atoms with Gasteiger partial charge in [-0.15, -0.1) is 0 Å². The Kier molecular flexibility index (Phi) is 3.02. The van der Waals surface area contributed by atoms with E-state index in [-0.39, 0.29) is 17.5 Å². The molecule has 0 saturated carbocycles. The molecule has 2 N–H and O–H groups in total. The van der Waals surface area contributed by atoms with E-state index in [1.807, 2.05) is 12.1 Å². The number of carbonyl (C=O) groups excluding carboxylic acids is 1. The largest absolute Gasteiger partial charge is 0.508 e. The number of Topliss-reactive ketones (excluding diaryl/α,β-unsaturated/α-hetero) is 1. The summed E-state index contributed by atoms with van der Waals surface area (Å²) in [5.74, 6) is 0.673. The lowest BCUT2D eigenvalue weighted by Crippen LogP contribution is -2.37. The van der Waals surface area contributed by atoms with Crippen LogP contribution >= 0.6 is 0 Å². The van der Waals surface area contributed by atoms with Gasteiger partial charge in [-0.3, -0.25) is 4.79 Å². The molecule has 3 heteroatoms. The van der Waals surface area contributed by atoms with Gasteiger partial charge in [0, 0.05) is 5.92 Å². The highest BCUT2D eigenvalue weighted by atomic mass is 16.3. The number of piperidine rings is 1. The first kappa shape index (κ1) is 10.2. The van der Waals surface area contributed by atoms with Crippen LogP contribution in [0, 0.1) is 5.92 Å². The van der Waals surface area contributed by atoms with Crippen molar-refractivity contribution in [3.8, 4) is 5.75 Å². The summed E-state index contributed by atoms with van der Waals surface area (Å²) in [6.07, 6.45) is 1.64. The maximum atomic E-state index is 11.6. The molecule has 0 radical (unpaired) electrons. The molecule has 1 aromatic rings. The SMILES string of the molecule is O=C1CNCCC1Cc1cccc(O)c1. The smallest absolute Gasteiger partial charge is 0.150 e. The first-order chi connectivity index (χ1) is 7.25. The molecule has 1 atom stereocenters. The highest BCUT2D eigenvalue weighted by molar-refractivity contribution is 5.83. The van der Waals surface area contributed by atoms with E-state index < -0.39 is 0 Å². The van der Waals surface area contributed by atoms with Gasteiger partial charge >= 0.3 is 0 Å². The molecule has 2 rings (SSSR count). The number of phenolic OH excluding ortho intramolecular Hbond substituents is 1. The molecule has 1 unspecified atom stereocenters. The summed E-state index contributed by atoms with van der Waals surface area (Å²) in [5.41, 5.74) is 1.04. The Labute approximate surface area is 89.1 Å². The third-order valence-corrected chi connectivity index (χ3v) is 2.82. The lowest BCUT2D eigenvalue weighted by Gasteiger charge is -2.21. The van der Waals surface area contributed by atoms with Gasteiger partial charge in [-0.1, -0.05) is 12.1 Å². The molecule has 0 spiro atoms. The Bertz CT molecular complexity index is 362. The molecule has 0 amide bonds. The van der Waals surface area contributed by atoms with Crippen molar-refractivity contribution >= 4 is 5.78 Å². The first-order valence-electron chi connectivity index (χ1n) is 5.27. The molecular formula is C12H15NO2. The standard InChI is InChI=1S/C12H15NO2/c14-11-3-1-2-9(7-11)6-10-4-5-13-8-12(10)15/h1-3,7,10,13-14H,4-6,8H2. The fourth-order valence-electron chi connectivity index (χ4n) is 1.98. The Morgan fingerprint density at radius 2 is 2.33 bits per heavy atom. The van der Waals surface area contributed by atoms with Gasteiger partial charge in [0.2, 0.25) is 0 Å². The normalized spacial score (nSPS) is 21.6. The molecule has 0 aliphatic carbocycles. The van der Waals surface area contributed by atoms with E-state index in [2.05, 4.69) is 5.32 Å². The van der Waals surface area contributed by atoms with Crippen molar-refractivity contribution in [3.05, 3.63) is 29.8 Å². The summed E-state index contributed by atoms with van der Waals surface area (Å²) in [4.78, 5) is 11.6. The second-order valence-corrected chi connectivity index (χ2v) is 4.00. The molecular weight excluding hydrogens is 190 g/mol. The summed E-state index contributed by atoms with van der Waals surface area (Å²) in [5, 5.41) is 12.4. The number of ketones is 1. The van der Waals surface area contributed by atoms with Crippen LogP contribution in [0.1, 0.15) is 12.0 Å². The second-order valence-electron chi connectivity index (χ2n) is 4.00. The van der Waals surface area contributed by atoms with Crippen LogP contribution in [0.3, 0.4) is 0 Å². The number of rotatable bonds is 2. The van der Waals surface area contributed by atoms with E-state index >= 15 is 0 Å². The van der Waals surface area contributed by atoms with E-state index in [1.165, 1.54) is 0 Å². The molecule has 1 fully saturated rings. The molecule has 15 heavy (non-hydrogen) atoms. The van der Waals surface area contributed by atoms with Crippen LogP contribution in [0.2, 0.25) is 0 Å². The van der Waals surface area contributed by atoms with E-state index in [1.54, 1.807) is 12.1 Å². The predicted molar refractivity (Wildman–Crippen MR) is 57.8 cm³/mol. The second kappa shape index (κ2) is 4.45. The third-order valence-electron chi connectivity index (χ3n) is 2.82. The molecule has 0 bridgehead atoms. The zero-order valence-corrected chi connectivity index (χ0v) is 8.57. The van der Waals surface area contributed by atoms with E-state index in [0.29, 0.717) is 6.54 Å². The Morgan fingerprint density at radius 3 is 3.07 bits per heavy atom. The quantitative estimate of drug-likeness (QED) is 0.760. The molecule has 80 valence electrons. The van der Waals surface area contributed by atoms with E-state index in [4.69, 9.17) is 0 Å². The van der Waals surface area contributed by atoms with Crippen molar-refractivity contribution in [2.45, 2.75) is 12.8 Å². The number of phenols is 1. The summed E-state index contributed by atoms with van der Waals surface area (Å²) >= 11 is 0. The zero-order chi connectivity index (χ0) is 10.7. The first-order valence-corrected chi connectivity index (χ1v) is 5.27. The van der Waals surface area contributed by atoms with Crippen molar-refractivity contribution in [2.24, 2.45) is 5.92 Å². The van der Waals surface area contributed by atoms with Crippen molar-refractivity contribution in [2.75, 3.05) is 13.1 Å². The van der Waals surface area contributed by atoms with Gasteiger partial charge in [0.1, 0.15) is 11.5 Å². The fourth-order valence-corrected chi connectivity index (χ4v) is 1.98. The Balaban J connectivity index is 2.04. The minimum absolute atomic E-state index is 0.119. The van der Waals surface area contributed by atoms with Crippen molar-refractivity contribution in [3.63, 3.8) is 0 Å². The van der Waals surface area contributed by atoms with E-state index in [9.17, 15) is 9.90 Å². The summed E-state index contributed by atoms with van der Waals surface area (Å²) in [6.45, 7) is 1.40. The number of aromatic hydroxyl groups is 1. The molecule has 1 heterocycles. The molecule has 1 aliphatic heterocycles. The third kappa shape index (κ3) is 2.57. The fraction of sp³-hybridized carbons (Fsp3) is 0.417. The van der Waals surface area contributed by atoms with Crippen molar-refractivity contribution < 1.29 is 9.90 Å². The van der Waals surface area contributed by atoms with Crippen molar-refractivity contribution in [1.29, 1.82) is 0 Å². The zero-order valence-electron chi connectivity index (χ0n) is 8.57. The van der Waals surface area contributed by atoms with Crippen LogP contribution < -0.4 is 5.32 Å². The van der Waals surface area contributed by atoms with Gasteiger partial charge in [-0.25, -0.2) is 0 Å². The molecule has 0 aromatic heterocycles. The number of carbonyl (C=O) groups is 1. The van der Waals surface area contributed by atoms with Crippen molar-refractivity contribution in [1.82, 2.24) is 5.32 Å². The maximum Gasteiger partial charge on any atom is 0.150 e. The Morgan fingerprint density at radius 1 is 1.47 bits per heavy atom. The van der Waals surface area contributed by atoms with Crippen LogP contribution in [0.5, 0.6) is 5.75 Å². The average molecular weight is 205 g/mol. The number of nitrogens with one attached hydrogen (secondary N) is 1. The topological polar surface area (TPSA) is 49.3 Å². The summed E-state index contributed by atoms with van der Waals surface area (Å²) in [6, 6.07) is 7.15. The minimum atomic E-state index is 0.119. The highest BCUT2D eigenvalue weighted by Crippen LogP contribution is 2.18. The van der Waals surface area contributed by atoms with Gasteiger partial charge < -0.3 is 10.4 Å². The van der Waals surface area contributed by atoms with Crippen LogP contribution in [-0.4, -0.2) is 24.0 Å². The maximum absolute atomic E-state index is 11.6. The van der Waals surface area contributed by atoms with Gasteiger partial charge in [0.05, 0.1) is 6.54 Å². The van der Waals surface area contributed by atoms with Crippen LogP contribution in [-0.2, 0) is 11.2 Å². The van der Waals surface area contributed by atoms with Crippen LogP contribution in [0.4, 0.5) is 0 Å². The Hall–Kier alpha value is -1.35. The lowest BCUT2D eigenvalue weighted by molar-refractivity contribution is -0.123. The van der Waals surface area contributed by atoms with Gasteiger partial charge in [-0.2, -0.15) is 0 Å². The van der Waals surface area contributed by atoms with Gasteiger partial charge in [0.15, 0.2) is 0 Å². The summed E-state index contributed by atoms with van der Waals surface area (Å²) < 4.78 is 0. The lowest BCUT2D eigenvalue weighted by atomic mass is 9.90. The minimum Gasteiger partial charge on any atom is -0.508 e. The highest BCUT2D eigenvalue weighted by Gasteiger charge is 2.21. The number of benzene rings is 1. The van der Waals surface area contributed by atoms with Gasteiger partial charge in [0.25, 0.3) is 0 Å². The number of hydrogen-bond donors (Lipinski definition) is 2. The van der Waals surface area contributed by atoms with Crippen LogP contribution in [0.25, 0.3) is 0 Å². The monoisotopic (exact) mass is 205 g/mol. The molecule has 1 aromatic carbocycles. The van der Waals surface area contributed by atoms with Crippen LogP contribution in [0.15, 0.2) is 24.3 Å². The van der Waals surface area contributed by atoms with E-state index in [0.717, 1.165) is 24.9 Å².